The van der Waals surface area contributed by atoms with Crippen molar-refractivity contribution in [1.29, 1.82) is 0 Å². The maximum atomic E-state index is 12.4. The van der Waals surface area contributed by atoms with Crippen LogP contribution in [0.25, 0.3) is 11.5 Å². The van der Waals surface area contributed by atoms with E-state index in [-0.39, 0.29) is 22.9 Å². The van der Waals surface area contributed by atoms with Crippen LogP contribution in [0.3, 0.4) is 0 Å². The third-order valence-electron chi connectivity index (χ3n) is 4.44. The molecule has 1 heterocycles. The molecule has 0 saturated heterocycles. The second-order valence-corrected chi connectivity index (χ2v) is 9.60. The minimum atomic E-state index is -4.02. The highest BCUT2D eigenvalue weighted by Gasteiger charge is 2.17. The molecule has 0 aliphatic rings. The lowest BCUT2D eigenvalue weighted by Crippen LogP contribution is -2.23. The molecule has 0 spiro atoms. The molecule has 8 nitrogen and oxygen atoms in total. The zero-order valence-electron chi connectivity index (χ0n) is 17.3. The van der Waals surface area contributed by atoms with E-state index in [4.69, 9.17) is 4.42 Å². The number of amides is 1. The third kappa shape index (κ3) is 5.88. The number of aromatic nitrogens is 2. The first-order valence-electron chi connectivity index (χ1n) is 9.45. The van der Waals surface area contributed by atoms with E-state index >= 15 is 0 Å². The molecular weight excluding hydrogens is 423 g/mol. The van der Waals surface area contributed by atoms with Crippen molar-refractivity contribution in [1.82, 2.24) is 15.5 Å². The van der Waals surface area contributed by atoms with Crippen molar-refractivity contribution in [3.63, 3.8) is 0 Å². The number of nitrogens with one attached hydrogen (secondary N) is 2. The molecule has 3 aromatic rings. The fourth-order valence-corrected chi connectivity index (χ4v) is 3.25. The summed E-state index contributed by atoms with van der Waals surface area (Å²) in [6.45, 7) is 6.71. The van der Waals surface area contributed by atoms with Crippen molar-refractivity contribution < 1.29 is 22.0 Å². The molecule has 164 valence electrons. The van der Waals surface area contributed by atoms with Crippen LogP contribution in [0.1, 0.15) is 42.6 Å². The molecule has 31 heavy (non-hydrogen) atoms. The lowest BCUT2D eigenvalue weighted by Gasteiger charge is -2.19. The molecule has 0 saturated carbocycles. The zero-order chi connectivity index (χ0) is 22.6. The molecule has 2 N–H and O–H groups in total. The van der Waals surface area contributed by atoms with Crippen LogP contribution in [0.4, 0.5) is 10.1 Å². The second kappa shape index (κ2) is 8.84. The summed E-state index contributed by atoms with van der Waals surface area (Å²) in [6.07, 6.45) is 0. The summed E-state index contributed by atoms with van der Waals surface area (Å²) in [7, 11) is -4.02. The second-order valence-electron chi connectivity index (χ2n) is 7.95. The van der Waals surface area contributed by atoms with E-state index < -0.39 is 21.9 Å². The van der Waals surface area contributed by atoms with Gasteiger partial charge in [0.15, 0.2) is 0 Å². The van der Waals surface area contributed by atoms with Crippen molar-refractivity contribution >= 4 is 21.6 Å². The Balaban J connectivity index is 1.62. The molecule has 0 unspecified atom stereocenters. The number of hydrogen-bond donors (Lipinski definition) is 2. The van der Waals surface area contributed by atoms with Gasteiger partial charge in [0, 0.05) is 17.8 Å². The van der Waals surface area contributed by atoms with Crippen LogP contribution in [0.5, 0.6) is 0 Å². The summed E-state index contributed by atoms with van der Waals surface area (Å²) in [4.78, 5) is 12.3. The van der Waals surface area contributed by atoms with Crippen LogP contribution in [0.15, 0.2) is 52.9 Å². The zero-order valence-corrected chi connectivity index (χ0v) is 18.2. The molecule has 1 aromatic heterocycles. The molecule has 0 aliphatic heterocycles. The van der Waals surface area contributed by atoms with Gasteiger partial charge in [0.25, 0.3) is 10.0 Å². The largest absolute Gasteiger partial charge is 0.412 e. The maximum Gasteiger partial charge on any atom is 0.309 e. The number of carbonyl (C=O) groups is 1. The van der Waals surface area contributed by atoms with E-state index in [9.17, 15) is 17.6 Å². The molecule has 3 rings (SSSR count). The Morgan fingerprint density at radius 3 is 2.26 bits per heavy atom. The number of sulfonamides is 1. The van der Waals surface area contributed by atoms with Crippen molar-refractivity contribution in [3.05, 3.63) is 65.5 Å². The quantitative estimate of drug-likeness (QED) is 0.573. The first kappa shape index (κ1) is 22.4. The van der Waals surface area contributed by atoms with Gasteiger partial charge in [0.1, 0.15) is 0 Å². The minimum absolute atomic E-state index is 0.0533. The number of hydrogen-bond acceptors (Lipinski definition) is 6. The summed E-state index contributed by atoms with van der Waals surface area (Å²) in [5.74, 6) is -0.603. The lowest BCUT2D eigenvalue weighted by molar-refractivity contribution is 0.0917. The number of alkyl halides is 1. The highest BCUT2D eigenvalue weighted by Crippen LogP contribution is 2.23. The van der Waals surface area contributed by atoms with Crippen LogP contribution in [0, 0.1) is 0 Å². The van der Waals surface area contributed by atoms with Crippen LogP contribution in [0.2, 0.25) is 0 Å². The van der Waals surface area contributed by atoms with Gasteiger partial charge in [-0.15, -0.1) is 10.2 Å². The summed E-state index contributed by atoms with van der Waals surface area (Å²) >= 11 is 0. The Morgan fingerprint density at radius 1 is 1.03 bits per heavy atom. The van der Waals surface area contributed by atoms with E-state index in [2.05, 4.69) is 41.0 Å². The van der Waals surface area contributed by atoms with Gasteiger partial charge in [-0.1, -0.05) is 45.0 Å². The number of benzene rings is 2. The average Bonchev–Trinajstić information content (AvgIpc) is 3.22. The van der Waals surface area contributed by atoms with Crippen LogP contribution >= 0.6 is 0 Å². The monoisotopic (exact) mass is 446 g/mol. The predicted molar refractivity (Wildman–Crippen MR) is 115 cm³/mol. The number of rotatable bonds is 7. The molecule has 0 aliphatic carbocycles. The average molecular weight is 447 g/mol. The van der Waals surface area contributed by atoms with Gasteiger partial charge in [0.2, 0.25) is 11.9 Å². The van der Waals surface area contributed by atoms with E-state index in [1.54, 1.807) is 0 Å². The standard InChI is InChI=1S/C21H23FN4O4S/c1-21(2,3)16-8-4-14(5-9-16)12-23-18(27)20-25-24-19(30-20)15-6-10-17(11-7-15)26-31(28,29)13-22/h4-11,26H,12-13H2,1-3H3,(H,23,27). The Morgan fingerprint density at radius 2 is 1.68 bits per heavy atom. The molecule has 1 amide bonds. The highest BCUT2D eigenvalue weighted by molar-refractivity contribution is 7.92. The van der Waals surface area contributed by atoms with Crippen molar-refractivity contribution in [2.24, 2.45) is 0 Å². The smallest absolute Gasteiger partial charge is 0.309 e. The molecule has 0 bridgehead atoms. The van der Waals surface area contributed by atoms with E-state index in [1.807, 2.05) is 24.3 Å². The molecule has 0 fully saturated rings. The number of halogens is 1. The van der Waals surface area contributed by atoms with Gasteiger partial charge in [-0.05, 0) is 40.8 Å². The van der Waals surface area contributed by atoms with Crippen LogP contribution < -0.4 is 10.0 Å². The summed E-state index contributed by atoms with van der Waals surface area (Å²) in [5, 5.41) is 10.3. The first-order valence-corrected chi connectivity index (χ1v) is 11.1. The number of nitrogens with zero attached hydrogens (tertiary/aromatic N) is 2. The lowest BCUT2D eigenvalue weighted by atomic mass is 9.87. The highest BCUT2D eigenvalue weighted by atomic mass is 32.2. The van der Waals surface area contributed by atoms with Crippen molar-refractivity contribution in [2.45, 2.75) is 32.7 Å². The van der Waals surface area contributed by atoms with Gasteiger partial charge in [0.05, 0.1) is 0 Å². The number of carbonyl (C=O) groups excluding carboxylic acids is 1. The molecule has 0 atom stereocenters. The van der Waals surface area contributed by atoms with Gasteiger partial charge in [-0.25, -0.2) is 12.8 Å². The minimum Gasteiger partial charge on any atom is -0.412 e. The van der Waals surface area contributed by atoms with E-state index in [0.717, 1.165) is 5.56 Å². The normalized spacial score (nSPS) is 11.9. The van der Waals surface area contributed by atoms with E-state index in [0.29, 0.717) is 12.1 Å². The van der Waals surface area contributed by atoms with Crippen LogP contribution in [-0.2, 0) is 22.0 Å². The Hall–Kier alpha value is -3.27. The van der Waals surface area contributed by atoms with Crippen LogP contribution in [-0.4, -0.2) is 30.5 Å². The van der Waals surface area contributed by atoms with Crippen molar-refractivity contribution in [2.75, 3.05) is 10.7 Å². The third-order valence-corrected chi connectivity index (χ3v) is 5.28. The van der Waals surface area contributed by atoms with Gasteiger partial charge >= 0.3 is 11.8 Å². The molecular formula is C21H23FN4O4S. The summed E-state index contributed by atoms with van der Waals surface area (Å²) in [5.41, 5.74) is 2.86. The van der Waals surface area contributed by atoms with Gasteiger partial charge < -0.3 is 9.73 Å². The molecule has 10 heteroatoms. The van der Waals surface area contributed by atoms with E-state index in [1.165, 1.54) is 29.8 Å². The molecule has 2 aromatic carbocycles. The molecule has 0 radical (unpaired) electrons. The van der Waals surface area contributed by atoms with Crippen molar-refractivity contribution in [3.8, 4) is 11.5 Å². The summed E-state index contributed by atoms with van der Waals surface area (Å²) in [6, 6.07) is 12.3. The number of anilines is 1. The topological polar surface area (TPSA) is 114 Å². The Bertz CT molecular complexity index is 1150. The summed E-state index contributed by atoms with van der Waals surface area (Å²) < 4.78 is 42.4. The van der Waals surface area contributed by atoms with Gasteiger partial charge in [-0.2, -0.15) is 0 Å². The maximum absolute atomic E-state index is 12.4. The SMILES string of the molecule is CC(C)(C)c1ccc(CNC(=O)c2nnc(-c3ccc(NS(=O)(=O)CF)cc3)o2)cc1. The fourth-order valence-electron chi connectivity index (χ4n) is 2.70. The van der Waals surface area contributed by atoms with Gasteiger partial charge in [-0.3, -0.25) is 9.52 Å². The first-order chi connectivity index (χ1) is 14.6. The fraction of sp³-hybridized carbons (Fsp3) is 0.286. The Kier molecular flexibility index (Phi) is 6.40. The predicted octanol–water partition coefficient (Wildman–Crippen LogP) is 3.63. The Labute approximate surface area is 179 Å².